The lowest BCUT2D eigenvalue weighted by atomic mass is 10.2. The molecule has 0 heterocycles. The van der Waals surface area contributed by atoms with Gasteiger partial charge in [-0.2, -0.15) is 5.84 Å². The van der Waals surface area contributed by atoms with E-state index in [4.69, 9.17) is 5.84 Å². The van der Waals surface area contributed by atoms with E-state index in [1.54, 1.807) is 0 Å². The van der Waals surface area contributed by atoms with Crippen LogP contribution in [0.5, 0.6) is 0 Å². The molecule has 0 aliphatic heterocycles. The molecule has 0 amide bonds. The van der Waals surface area contributed by atoms with Crippen LogP contribution in [0.2, 0.25) is 0 Å². The smallest absolute Gasteiger partial charge is 0.0958 e. The molecule has 0 saturated heterocycles. The standard InChI is InChI=1S/C10H25N2/c1-4-6-7-8-10-12(3,11)9-5-2/h4-11H2,1-3H3/q+1. The lowest BCUT2D eigenvalue weighted by Gasteiger charge is -2.27. The molecule has 2 heteroatoms. The van der Waals surface area contributed by atoms with Gasteiger partial charge in [-0.25, -0.2) is 0 Å². The van der Waals surface area contributed by atoms with Crippen molar-refractivity contribution in [3.05, 3.63) is 0 Å². The summed E-state index contributed by atoms with van der Waals surface area (Å²) < 4.78 is 0.709. The highest BCUT2D eigenvalue weighted by Gasteiger charge is 2.13. The van der Waals surface area contributed by atoms with Gasteiger partial charge in [-0.1, -0.05) is 26.7 Å². The molecule has 0 aromatic heterocycles. The molecule has 0 radical (unpaired) electrons. The Kier molecular flexibility index (Phi) is 6.39. The molecule has 74 valence electrons. The Morgan fingerprint density at radius 3 is 2.08 bits per heavy atom. The molecule has 12 heavy (non-hydrogen) atoms. The largest absolute Gasteiger partial charge is 0.251 e. The van der Waals surface area contributed by atoms with Gasteiger partial charge in [-0.05, 0) is 19.3 Å². The molecule has 2 nitrogen and oxygen atoms in total. The number of hydrogen-bond acceptors (Lipinski definition) is 1. The molecule has 0 rings (SSSR count). The number of unbranched alkanes of at least 4 members (excludes halogenated alkanes) is 3. The van der Waals surface area contributed by atoms with Gasteiger partial charge in [0, 0.05) is 0 Å². The lowest BCUT2D eigenvalue weighted by molar-refractivity contribution is -0.921. The van der Waals surface area contributed by atoms with E-state index in [0.29, 0.717) is 4.59 Å². The third-order valence-electron chi connectivity index (χ3n) is 2.26. The van der Waals surface area contributed by atoms with Gasteiger partial charge in [-0.15, -0.1) is 0 Å². The van der Waals surface area contributed by atoms with Crippen molar-refractivity contribution in [3.8, 4) is 0 Å². The average molecular weight is 173 g/mol. The van der Waals surface area contributed by atoms with Gasteiger partial charge in [0.1, 0.15) is 0 Å². The maximum Gasteiger partial charge on any atom is 0.0958 e. The summed E-state index contributed by atoms with van der Waals surface area (Å²) in [6, 6.07) is 0. The predicted molar refractivity (Wildman–Crippen MR) is 54.5 cm³/mol. The monoisotopic (exact) mass is 173 g/mol. The summed E-state index contributed by atoms with van der Waals surface area (Å²) in [4.78, 5) is 0. The Bertz CT molecular complexity index is 100. The van der Waals surface area contributed by atoms with Crippen molar-refractivity contribution in [3.63, 3.8) is 0 Å². The van der Waals surface area contributed by atoms with Crippen LogP contribution in [0.4, 0.5) is 0 Å². The first-order valence-corrected chi connectivity index (χ1v) is 5.25. The van der Waals surface area contributed by atoms with Crippen molar-refractivity contribution < 1.29 is 4.59 Å². The summed E-state index contributed by atoms with van der Waals surface area (Å²) in [6.07, 6.45) is 6.46. The van der Waals surface area contributed by atoms with E-state index < -0.39 is 0 Å². The van der Waals surface area contributed by atoms with Crippen LogP contribution in [0, 0.1) is 0 Å². The van der Waals surface area contributed by atoms with Crippen LogP contribution in [-0.2, 0) is 0 Å². The highest BCUT2D eigenvalue weighted by Crippen LogP contribution is 2.03. The number of nitrogens with zero attached hydrogens (tertiary/aromatic N) is 1. The molecule has 0 bridgehead atoms. The third-order valence-corrected chi connectivity index (χ3v) is 2.26. The molecule has 0 saturated carbocycles. The Morgan fingerprint density at radius 1 is 0.917 bits per heavy atom. The second-order valence-electron chi connectivity index (χ2n) is 3.99. The van der Waals surface area contributed by atoms with Gasteiger partial charge in [0.25, 0.3) is 0 Å². The zero-order valence-corrected chi connectivity index (χ0v) is 8.97. The van der Waals surface area contributed by atoms with Crippen LogP contribution >= 0.6 is 0 Å². The van der Waals surface area contributed by atoms with Crippen LogP contribution in [0.3, 0.4) is 0 Å². The Hall–Kier alpha value is -0.0800. The van der Waals surface area contributed by atoms with Crippen LogP contribution in [0.1, 0.15) is 46.0 Å². The molecule has 0 aliphatic carbocycles. The summed E-state index contributed by atoms with van der Waals surface area (Å²) in [5.41, 5.74) is 0. The molecule has 2 N–H and O–H groups in total. The van der Waals surface area contributed by atoms with E-state index >= 15 is 0 Å². The highest BCUT2D eigenvalue weighted by molar-refractivity contribution is 4.39. The minimum absolute atomic E-state index is 0.709. The number of quaternary nitrogens is 1. The first kappa shape index (κ1) is 11.9. The fourth-order valence-electron chi connectivity index (χ4n) is 1.52. The van der Waals surface area contributed by atoms with E-state index in [2.05, 4.69) is 20.9 Å². The normalized spacial score (nSPS) is 16.0. The van der Waals surface area contributed by atoms with Crippen molar-refractivity contribution in [2.75, 3.05) is 20.1 Å². The molecule has 0 spiro atoms. The van der Waals surface area contributed by atoms with E-state index in [-0.39, 0.29) is 0 Å². The number of nitrogens with two attached hydrogens (primary N) is 1. The van der Waals surface area contributed by atoms with Gasteiger partial charge in [-0.3, -0.25) is 4.59 Å². The Labute approximate surface area is 77.3 Å². The maximum atomic E-state index is 6.05. The number of hydrogen-bond donors (Lipinski definition) is 1. The second-order valence-corrected chi connectivity index (χ2v) is 3.99. The molecule has 0 fully saturated rings. The van der Waals surface area contributed by atoms with Gasteiger partial charge in [0.15, 0.2) is 0 Å². The Balaban J connectivity index is 3.33. The predicted octanol–water partition coefficient (Wildman–Crippen LogP) is 2.30. The van der Waals surface area contributed by atoms with Crippen molar-refractivity contribution in [1.82, 2.24) is 0 Å². The van der Waals surface area contributed by atoms with Crippen molar-refractivity contribution in [2.45, 2.75) is 46.0 Å². The summed E-state index contributed by atoms with van der Waals surface area (Å²) >= 11 is 0. The molecule has 1 atom stereocenters. The zero-order chi connectivity index (χ0) is 9.45. The van der Waals surface area contributed by atoms with Gasteiger partial charge in [0.05, 0.1) is 20.1 Å². The topological polar surface area (TPSA) is 26.0 Å². The first-order valence-electron chi connectivity index (χ1n) is 5.25. The zero-order valence-electron chi connectivity index (χ0n) is 8.97. The average Bonchev–Trinajstić information content (AvgIpc) is 1.98. The minimum Gasteiger partial charge on any atom is -0.251 e. The van der Waals surface area contributed by atoms with Gasteiger partial charge < -0.3 is 0 Å². The maximum absolute atomic E-state index is 6.05. The van der Waals surface area contributed by atoms with Gasteiger partial charge >= 0.3 is 0 Å². The van der Waals surface area contributed by atoms with Crippen LogP contribution in [0.25, 0.3) is 0 Å². The van der Waals surface area contributed by atoms with E-state index in [0.717, 1.165) is 13.1 Å². The van der Waals surface area contributed by atoms with Crippen molar-refractivity contribution in [2.24, 2.45) is 5.84 Å². The second kappa shape index (κ2) is 6.44. The summed E-state index contributed by atoms with van der Waals surface area (Å²) in [5, 5.41) is 0. The Morgan fingerprint density at radius 2 is 1.58 bits per heavy atom. The van der Waals surface area contributed by atoms with Crippen LogP contribution in [-0.4, -0.2) is 24.7 Å². The van der Waals surface area contributed by atoms with Crippen molar-refractivity contribution >= 4 is 0 Å². The molecule has 0 aliphatic rings. The van der Waals surface area contributed by atoms with Gasteiger partial charge in [0.2, 0.25) is 0 Å². The summed E-state index contributed by atoms with van der Waals surface area (Å²) in [6.45, 7) is 6.66. The first-order chi connectivity index (χ1) is 5.62. The van der Waals surface area contributed by atoms with Crippen LogP contribution < -0.4 is 5.84 Å². The summed E-state index contributed by atoms with van der Waals surface area (Å²) in [7, 11) is 2.12. The highest BCUT2D eigenvalue weighted by atomic mass is 15.6. The molecule has 0 aromatic carbocycles. The molecular weight excluding hydrogens is 148 g/mol. The molecule has 0 aromatic rings. The fourth-order valence-corrected chi connectivity index (χ4v) is 1.52. The number of rotatable bonds is 7. The van der Waals surface area contributed by atoms with Crippen LogP contribution in [0.15, 0.2) is 0 Å². The minimum atomic E-state index is 0.709. The fraction of sp³-hybridized carbons (Fsp3) is 1.00. The quantitative estimate of drug-likeness (QED) is 0.272. The van der Waals surface area contributed by atoms with E-state index in [1.807, 2.05) is 0 Å². The SMILES string of the molecule is CCCCCC[N+](C)(N)CCC. The van der Waals surface area contributed by atoms with Crippen molar-refractivity contribution in [1.29, 1.82) is 0 Å². The third kappa shape index (κ3) is 6.62. The molecular formula is C10H25N2+. The summed E-state index contributed by atoms with van der Waals surface area (Å²) in [5.74, 6) is 6.05. The molecule has 1 unspecified atom stereocenters. The van der Waals surface area contributed by atoms with E-state index in [1.165, 1.54) is 32.1 Å². The van der Waals surface area contributed by atoms with E-state index in [9.17, 15) is 0 Å². The lowest BCUT2D eigenvalue weighted by Crippen LogP contribution is -2.51.